The summed E-state index contributed by atoms with van der Waals surface area (Å²) in [5.41, 5.74) is 0.784. The molecule has 1 aliphatic rings. The minimum atomic E-state index is -3.46. The van der Waals surface area contributed by atoms with Gasteiger partial charge in [0.25, 0.3) is 10.2 Å². The summed E-state index contributed by atoms with van der Waals surface area (Å²) in [6.45, 7) is 5.23. The fourth-order valence-corrected chi connectivity index (χ4v) is 4.53. The first-order valence-electron chi connectivity index (χ1n) is 8.11. The summed E-state index contributed by atoms with van der Waals surface area (Å²) in [6.07, 6.45) is 1.85. The van der Waals surface area contributed by atoms with Gasteiger partial charge in [-0.3, -0.25) is 0 Å². The molecule has 1 aromatic carbocycles. The molecular weight excluding hydrogens is 312 g/mol. The maximum Gasteiger partial charge on any atom is 0.282 e. The molecule has 2 aromatic rings. The van der Waals surface area contributed by atoms with Crippen LogP contribution >= 0.6 is 0 Å². The fraction of sp³-hybridized carbons (Fsp3) is 0.529. The average Bonchev–Trinajstić information content (AvgIpc) is 2.98. The van der Waals surface area contributed by atoms with Crippen LogP contribution in [0.4, 0.5) is 0 Å². The highest BCUT2D eigenvalue weighted by atomic mass is 32.2. The second-order valence-electron chi connectivity index (χ2n) is 6.47. The van der Waals surface area contributed by atoms with Gasteiger partial charge in [0.15, 0.2) is 0 Å². The second kappa shape index (κ2) is 6.26. The Morgan fingerprint density at radius 1 is 1.26 bits per heavy atom. The van der Waals surface area contributed by atoms with Crippen LogP contribution in [-0.2, 0) is 10.2 Å². The lowest BCUT2D eigenvalue weighted by Gasteiger charge is -2.34. The van der Waals surface area contributed by atoms with E-state index in [0.29, 0.717) is 24.8 Å². The van der Waals surface area contributed by atoms with Crippen LogP contribution in [0.25, 0.3) is 11.0 Å². The third kappa shape index (κ3) is 3.16. The molecule has 1 aliphatic heterocycles. The molecule has 2 heterocycles. The van der Waals surface area contributed by atoms with Gasteiger partial charge in [0.2, 0.25) is 0 Å². The van der Waals surface area contributed by atoms with Crippen LogP contribution in [0.15, 0.2) is 34.7 Å². The Hall–Kier alpha value is -1.37. The highest BCUT2D eigenvalue weighted by molar-refractivity contribution is 7.86. The molecule has 0 spiro atoms. The molecule has 126 valence electrons. The number of hydrogen-bond acceptors (Lipinski definition) is 3. The summed E-state index contributed by atoms with van der Waals surface area (Å²) in [6, 6.07) is 9.30. The number of fused-ring (bicyclic) bond motifs is 1. The van der Waals surface area contributed by atoms with Crippen molar-refractivity contribution in [2.75, 3.05) is 20.1 Å². The van der Waals surface area contributed by atoms with E-state index in [1.165, 1.54) is 4.31 Å². The summed E-state index contributed by atoms with van der Waals surface area (Å²) < 4.78 is 34.5. The van der Waals surface area contributed by atoms with Crippen LogP contribution in [0.1, 0.15) is 38.5 Å². The second-order valence-corrected chi connectivity index (χ2v) is 8.46. The number of piperidine rings is 1. The van der Waals surface area contributed by atoms with Crippen molar-refractivity contribution in [1.29, 1.82) is 0 Å². The minimum absolute atomic E-state index is 0.341. The third-order valence-corrected chi connectivity index (χ3v) is 6.90. The Labute approximate surface area is 138 Å². The lowest BCUT2D eigenvalue weighted by Crippen LogP contribution is -2.46. The van der Waals surface area contributed by atoms with Crippen LogP contribution in [0.2, 0.25) is 0 Å². The molecule has 0 N–H and O–H groups in total. The first-order valence-corrected chi connectivity index (χ1v) is 9.51. The fourth-order valence-electron chi connectivity index (χ4n) is 2.99. The zero-order chi connectivity index (χ0) is 16.6. The molecule has 0 bridgehead atoms. The summed E-state index contributed by atoms with van der Waals surface area (Å²) in [5.74, 6) is 1.27. The lowest BCUT2D eigenvalue weighted by atomic mass is 10.0. The van der Waals surface area contributed by atoms with Gasteiger partial charge in [0.1, 0.15) is 11.3 Å². The molecule has 0 amide bonds. The van der Waals surface area contributed by atoms with E-state index in [9.17, 15) is 8.42 Å². The van der Waals surface area contributed by atoms with Crippen LogP contribution in [0, 0.1) is 5.92 Å². The van der Waals surface area contributed by atoms with Gasteiger partial charge in [-0.15, -0.1) is 0 Å². The minimum Gasteiger partial charge on any atom is -0.459 e. The SMILES string of the molecule is CC1CCN(S(=O)(=O)N(C)[C@H](C)c2cc3ccccc3o2)CC1. The maximum atomic E-state index is 12.8. The topological polar surface area (TPSA) is 53.8 Å². The molecule has 1 saturated heterocycles. The summed E-state index contributed by atoms with van der Waals surface area (Å²) >= 11 is 0. The number of nitrogens with zero attached hydrogens (tertiary/aromatic N) is 2. The van der Waals surface area contributed by atoms with Crippen molar-refractivity contribution in [2.24, 2.45) is 5.92 Å². The lowest BCUT2D eigenvalue weighted by molar-refractivity contribution is 0.255. The zero-order valence-electron chi connectivity index (χ0n) is 13.9. The van der Waals surface area contributed by atoms with Gasteiger partial charge in [-0.1, -0.05) is 25.1 Å². The first kappa shape index (κ1) is 16.5. The first-order chi connectivity index (χ1) is 10.9. The number of hydrogen-bond donors (Lipinski definition) is 0. The van der Waals surface area contributed by atoms with Crippen molar-refractivity contribution >= 4 is 21.2 Å². The molecule has 3 rings (SSSR count). The molecule has 1 fully saturated rings. The normalized spacial score (nSPS) is 19.5. The monoisotopic (exact) mass is 336 g/mol. The van der Waals surface area contributed by atoms with Gasteiger partial charge in [-0.05, 0) is 37.8 Å². The summed E-state index contributed by atoms with van der Waals surface area (Å²) in [5, 5.41) is 0.993. The average molecular weight is 336 g/mol. The van der Waals surface area contributed by atoms with E-state index in [-0.39, 0.29) is 6.04 Å². The zero-order valence-corrected chi connectivity index (χ0v) is 14.7. The smallest absolute Gasteiger partial charge is 0.282 e. The predicted octanol–water partition coefficient (Wildman–Crippen LogP) is 3.40. The van der Waals surface area contributed by atoms with Crippen molar-refractivity contribution in [1.82, 2.24) is 8.61 Å². The highest BCUT2D eigenvalue weighted by Crippen LogP contribution is 2.30. The van der Waals surface area contributed by atoms with E-state index in [4.69, 9.17) is 4.42 Å². The van der Waals surface area contributed by atoms with E-state index in [1.54, 1.807) is 11.4 Å². The Morgan fingerprint density at radius 3 is 2.57 bits per heavy atom. The van der Waals surface area contributed by atoms with E-state index >= 15 is 0 Å². The molecular formula is C17H24N2O3S. The van der Waals surface area contributed by atoms with Crippen molar-refractivity contribution < 1.29 is 12.8 Å². The van der Waals surface area contributed by atoms with Crippen LogP contribution in [0.3, 0.4) is 0 Å². The van der Waals surface area contributed by atoms with Gasteiger partial charge >= 0.3 is 0 Å². The Kier molecular flexibility index (Phi) is 4.49. The quantitative estimate of drug-likeness (QED) is 0.860. The number of furan rings is 1. The van der Waals surface area contributed by atoms with Gasteiger partial charge in [0, 0.05) is 25.5 Å². The molecule has 0 radical (unpaired) electrons. The highest BCUT2D eigenvalue weighted by Gasteiger charge is 2.33. The summed E-state index contributed by atoms with van der Waals surface area (Å²) in [7, 11) is -1.83. The Balaban J connectivity index is 1.81. The molecule has 0 aliphatic carbocycles. The van der Waals surface area contributed by atoms with Gasteiger partial charge in [0.05, 0.1) is 6.04 Å². The number of para-hydroxylation sites is 1. The van der Waals surface area contributed by atoms with Crippen molar-refractivity contribution in [3.8, 4) is 0 Å². The van der Waals surface area contributed by atoms with Crippen molar-refractivity contribution in [2.45, 2.75) is 32.7 Å². The van der Waals surface area contributed by atoms with Crippen molar-refractivity contribution in [3.63, 3.8) is 0 Å². The van der Waals surface area contributed by atoms with Crippen LogP contribution < -0.4 is 0 Å². The number of benzene rings is 1. The molecule has 0 saturated carbocycles. The molecule has 23 heavy (non-hydrogen) atoms. The Bertz CT molecular complexity index is 743. The van der Waals surface area contributed by atoms with E-state index < -0.39 is 10.2 Å². The predicted molar refractivity (Wildman–Crippen MR) is 91.3 cm³/mol. The van der Waals surface area contributed by atoms with Crippen LogP contribution in [0.5, 0.6) is 0 Å². The van der Waals surface area contributed by atoms with Gasteiger partial charge in [-0.2, -0.15) is 17.0 Å². The Morgan fingerprint density at radius 2 is 1.91 bits per heavy atom. The van der Waals surface area contributed by atoms with Crippen LogP contribution in [-0.4, -0.2) is 37.2 Å². The largest absolute Gasteiger partial charge is 0.459 e. The van der Waals surface area contributed by atoms with E-state index in [0.717, 1.165) is 23.8 Å². The molecule has 6 heteroatoms. The number of rotatable bonds is 4. The molecule has 1 atom stereocenters. The maximum absolute atomic E-state index is 12.8. The molecule has 5 nitrogen and oxygen atoms in total. The molecule has 0 unspecified atom stereocenters. The van der Waals surface area contributed by atoms with Gasteiger partial charge in [-0.25, -0.2) is 0 Å². The standard InChI is InChI=1S/C17H24N2O3S/c1-13-8-10-19(11-9-13)23(20,21)18(3)14(2)17-12-15-6-4-5-7-16(15)22-17/h4-7,12-14H,8-11H2,1-3H3/t14-/m1/s1. The van der Waals surface area contributed by atoms with Gasteiger partial charge < -0.3 is 4.42 Å². The molecule has 1 aromatic heterocycles. The van der Waals surface area contributed by atoms with E-state index in [2.05, 4.69) is 6.92 Å². The third-order valence-electron chi connectivity index (χ3n) is 4.83. The van der Waals surface area contributed by atoms with Crippen molar-refractivity contribution in [3.05, 3.63) is 36.1 Å². The van der Waals surface area contributed by atoms with E-state index in [1.807, 2.05) is 37.3 Å². The summed E-state index contributed by atoms with van der Waals surface area (Å²) in [4.78, 5) is 0.